The molecule has 0 aromatic heterocycles. The number of carbonyl (C=O) groups excluding carboxylic acids is 1. The van der Waals surface area contributed by atoms with Gasteiger partial charge in [-0.05, 0) is 85.2 Å². The summed E-state index contributed by atoms with van der Waals surface area (Å²) in [7, 11) is 0. The third kappa shape index (κ3) is 5.98. The van der Waals surface area contributed by atoms with E-state index < -0.39 is 0 Å². The molecule has 0 heterocycles. The molecule has 3 aromatic carbocycles. The van der Waals surface area contributed by atoms with E-state index in [2.05, 4.69) is 48.6 Å². The average Bonchev–Trinajstić information content (AvgIpc) is 2.85. The van der Waals surface area contributed by atoms with Crippen molar-refractivity contribution < 1.29 is 4.79 Å². The van der Waals surface area contributed by atoms with Crippen LogP contribution in [-0.2, 0) is 25.7 Å². The van der Waals surface area contributed by atoms with E-state index in [1.54, 1.807) is 11.0 Å². The Kier molecular flexibility index (Phi) is 9.19. The van der Waals surface area contributed by atoms with Gasteiger partial charge in [-0.15, -0.1) is 0 Å². The first-order valence-electron chi connectivity index (χ1n) is 12.4. The zero-order chi connectivity index (χ0) is 25.5. The van der Waals surface area contributed by atoms with Gasteiger partial charge in [0.1, 0.15) is 0 Å². The third-order valence-electron chi connectivity index (χ3n) is 6.59. The predicted octanol–water partition coefficient (Wildman–Crippen LogP) is 6.91. The molecule has 0 bridgehead atoms. The Balaban J connectivity index is 2.05. The van der Waals surface area contributed by atoms with E-state index in [9.17, 15) is 4.79 Å². The lowest BCUT2D eigenvalue weighted by Gasteiger charge is -2.31. The van der Waals surface area contributed by atoms with Crippen LogP contribution in [0.5, 0.6) is 0 Å². The fourth-order valence-electron chi connectivity index (χ4n) is 4.49. The lowest BCUT2D eigenvalue weighted by atomic mass is 10.0. The molecule has 186 valence electrons. The Bertz CT molecular complexity index is 1110. The van der Waals surface area contributed by atoms with E-state index in [1.807, 2.05) is 32.9 Å². The number of nitrogens with one attached hydrogen (secondary N) is 1. The van der Waals surface area contributed by atoms with Crippen molar-refractivity contribution in [3.05, 3.63) is 87.4 Å². The Morgan fingerprint density at radius 2 is 1.54 bits per heavy atom. The molecule has 0 aliphatic rings. The first-order chi connectivity index (χ1) is 16.8. The third-order valence-corrected chi connectivity index (χ3v) is 6.92. The number of carbonyl (C=O) groups is 1. The second-order valence-electron chi connectivity index (χ2n) is 8.76. The molecule has 3 aromatic rings. The van der Waals surface area contributed by atoms with Gasteiger partial charge in [-0.2, -0.15) is 0 Å². The largest absolute Gasteiger partial charge is 0.398 e. The predicted molar refractivity (Wildman–Crippen MR) is 150 cm³/mol. The number of halogens is 1. The number of anilines is 3. The molecule has 0 saturated heterocycles. The van der Waals surface area contributed by atoms with Crippen LogP contribution in [0.15, 0.2) is 54.6 Å². The Morgan fingerprint density at radius 1 is 0.943 bits per heavy atom. The molecule has 0 aliphatic carbocycles. The molecular formula is C29H37ClN4O. The van der Waals surface area contributed by atoms with Crippen molar-refractivity contribution in [3.8, 4) is 0 Å². The minimum absolute atomic E-state index is 0.207. The average molecular weight is 493 g/mol. The Hall–Kier alpha value is -3.02. The van der Waals surface area contributed by atoms with Crippen LogP contribution in [0, 0.1) is 0 Å². The summed E-state index contributed by atoms with van der Waals surface area (Å²) in [6.45, 7) is 8.82. The summed E-state index contributed by atoms with van der Waals surface area (Å²) in [6.07, 6.45) is 3.14. The SMILES string of the molecule is CCc1ccc(N(C(=O)Nc2c(CC)c(N)cc(Cl)c2CC)C(C)c2ccc(CCN)cc2)cc1. The van der Waals surface area contributed by atoms with Crippen molar-refractivity contribution in [3.63, 3.8) is 0 Å². The van der Waals surface area contributed by atoms with E-state index in [-0.39, 0.29) is 12.1 Å². The summed E-state index contributed by atoms with van der Waals surface area (Å²) >= 11 is 6.52. The monoisotopic (exact) mass is 492 g/mol. The number of aryl methyl sites for hydroxylation is 1. The number of amides is 2. The summed E-state index contributed by atoms with van der Waals surface area (Å²) < 4.78 is 0. The zero-order valence-electron chi connectivity index (χ0n) is 21.2. The fourth-order valence-corrected chi connectivity index (χ4v) is 4.83. The molecule has 0 saturated carbocycles. The molecule has 3 rings (SSSR count). The quantitative estimate of drug-likeness (QED) is 0.284. The summed E-state index contributed by atoms with van der Waals surface area (Å²) in [4.78, 5) is 15.7. The number of rotatable bonds is 9. The second-order valence-corrected chi connectivity index (χ2v) is 9.17. The van der Waals surface area contributed by atoms with Gasteiger partial charge in [-0.3, -0.25) is 4.90 Å². The van der Waals surface area contributed by atoms with Crippen molar-refractivity contribution in [2.45, 2.75) is 59.4 Å². The number of hydrogen-bond donors (Lipinski definition) is 3. The molecule has 0 radical (unpaired) electrons. The number of nitrogen functional groups attached to an aromatic ring is 1. The highest BCUT2D eigenvalue weighted by atomic mass is 35.5. The van der Waals surface area contributed by atoms with Crippen LogP contribution in [0.2, 0.25) is 5.02 Å². The Morgan fingerprint density at radius 3 is 2.09 bits per heavy atom. The molecular weight excluding hydrogens is 456 g/mol. The molecule has 0 aliphatic heterocycles. The number of urea groups is 1. The van der Waals surface area contributed by atoms with E-state index >= 15 is 0 Å². The maximum absolute atomic E-state index is 13.9. The van der Waals surface area contributed by atoms with Crippen LogP contribution in [0.4, 0.5) is 21.9 Å². The molecule has 5 nitrogen and oxygen atoms in total. The highest BCUT2D eigenvalue weighted by Gasteiger charge is 2.26. The highest BCUT2D eigenvalue weighted by molar-refractivity contribution is 6.32. The smallest absolute Gasteiger partial charge is 0.326 e. The van der Waals surface area contributed by atoms with Crippen molar-refractivity contribution in [1.82, 2.24) is 0 Å². The van der Waals surface area contributed by atoms with Gasteiger partial charge in [-0.25, -0.2) is 4.79 Å². The lowest BCUT2D eigenvalue weighted by Crippen LogP contribution is -2.37. The van der Waals surface area contributed by atoms with Crippen LogP contribution in [0.25, 0.3) is 0 Å². The van der Waals surface area contributed by atoms with Crippen LogP contribution >= 0.6 is 11.6 Å². The standard InChI is InChI=1S/C29H37ClN4O/c1-5-20-10-14-23(15-11-20)34(19(4)22-12-8-21(9-13-22)16-17-31)29(35)33-28-24(6-2)26(30)18-27(32)25(28)7-3/h8-15,18-19H,5-7,16-17,31-32H2,1-4H3,(H,33,35). The number of benzene rings is 3. The first kappa shape index (κ1) is 26.6. The summed E-state index contributed by atoms with van der Waals surface area (Å²) in [5.41, 5.74) is 19.4. The molecule has 35 heavy (non-hydrogen) atoms. The van der Waals surface area contributed by atoms with Crippen LogP contribution < -0.4 is 21.7 Å². The summed E-state index contributed by atoms with van der Waals surface area (Å²) in [5, 5.41) is 3.75. The van der Waals surface area contributed by atoms with E-state index in [0.717, 1.165) is 35.2 Å². The fraction of sp³-hybridized carbons (Fsp3) is 0.345. The van der Waals surface area contributed by atoms with E-state index in [0.29, 0.717) is 35.8 Å². The number of nitrogens with zero attached hydrogens (tertiary/aromatic N) is 1. The molecule has 2 amide bonds. The summed E-state index contributed by atoms with van der Waals surface area (Å²) in [5.74, 6) is 0. The van der Waals surface area contributed by atoms with Crippen molar-refractivity contribution >= 4 is 34.7 Å². The maximum Gasteiger partial charge on any atom is 0.326 e. The molecule has 5 N–H and O–H groups in total. The lowest BCUT2D eigenvalue weighted by molar-refractivity contribution is 0.255. The highest BCUT2D eigenvalue weighted by Crippen LogP contribution is 2.36. The second kappa shape index (κ2) is 12.1. The van der Waals surface area contributed by atoms with Crippen molar-refractivity contribution in [2.75, 3.05) is 22.5 Å². The molecule has 6 heteroatoms. The normalized spacial score (nSPS) is 11.8. The number of hydrogen-bond acceptors (Lipinski definition) is 3. The minimum atomic E-state index is -0.223. The maximum atomic E-state index is 13.9. The number of nitrogens with two attached hydrogens (primary N) is 2. The molecule has 1 unspecified atom stereocenters. The topological polar surface area (TPSA) is 84.4 Å². The van der Waals surface area contributed by atoms with Gasteiger partial charge in [0.2, 0.25) is 0 Å². The molecule has 0 spiro atoms. The minimum Gasteiger partial charge on any atom is -0.398 e. The molecule has 1 atom stereocenters. The van der Waals surface area contributed by atoms with Gasteiger partial charge < -0.3 is 16.8 Å². The van der Waals surface area contributed by atoms with E-state index in [4.69, 9.17) is 23.1 Å². The van der Waals surface area contributed by atoms with Gasteiger partial charge in [-0.1, -0.05) is 68.8 Å². The van der Waals surface area contributed by atoms with Gasteiger partial charge in [0.05, 0.1) is 11.7 Å². The van der Waals surface area contributed by atoms with Crippen LogP contribution in [0.3, 0.4) is 0 Å². The van der Waals surface area contributed by atoms with Crippen LogP contribution in [0.1, 0.15) is 61.6 Å². The van der Waals surface area contributed by atoms with Gasteiger partial charge in [0, 0.05) is 16.4 Å². The van der Waals surface area contributed by atoms with Crippen LogP contribution in [-0.4, -0.2) is 12.6 Å². The van der Waals surface area contributed by atoms with Gasteiger partial charge in [0.15, 0.2) is 0 Å². The van der Waals surface area contributed by atoms with E-state index in [1.165, 1.54) is 11.1 Å². The first-order valence-corrected chi connectivity index (χ1v) is 12.8. The zero-order valence-corrected chi connectivity index (χ0v) is 22.0. The van der Waals surface area contributed by atoms with Crippen molar-refractivity contribution in [2.24, 2.45) is 5.73 Å². The summed E-state index contributed by atoms with van der Waals surface area (Å²) in [6, 6.07) is 17.8. The van der Waals surface area contributed by atoms with Crippen molar-refractivity contribution in [1.29, 1.82) is 0 Å². The van der Waals surface area contributed by atoms with Gasteiger partial charge >= 0.3 is 6.03 Å². The molecule has 0 fully saturated rings. The van der Waals surface area contributed by atoms with Gasteiger partial charge in [0.25, 0.3) is 0 Å². The Labute approximate surface area is 214 Å².